The Hall–Kier alpha value is -2.14. The number of halogens is 1. The van der Waals surface area contributed by atoms with E-state index in [0.717, 1.165) is 23.7 Å². The highest BCUT2D eigenvalue weighted by molar-refractivity contribution is 9.10. The van der Waals surface area contributed by atoms with Crippen LogP contribution in [-0.2, 0) is 17.6 Å². The molecule has 0 saturated carbocycles. The molecule has 0 aromatic heterocycles. The van der Waals surface area contributed by atoms with Crippen molar-refractivity contribution < 1.29 is 9.59 Å². The molecular formula is C18H17BrN2O2. The predicted molar refractivity (Wildman–Crippen MR) is 92.0 cm³/mol. The van der Waals surface area contributed by atoms with E-state index in [4.69, 9.17) is 5.73 Å². The quantitative estimate of drug-likeness (QED) is 0.865. The molecule has 0 saturated heterocycles. The lowest BCUT2D eigenvalue weighted by Crippen LogP contribution is -2.37. The first-order chi connectivity index (χ1) is 11.0. The molecule has 0 fully saturated rings. The van der Waals surface area contributed by atoms with Gasteiger partial charge in [-0.2, -0.15) is 0 Å². The number of benzene rings is 2. The molecule has 0 spiro atoms. The Morgan fingerprint density at radius 2 is 1.87 bits per heavy atom. The van der Waals surface area contributed by atoms with Crippen molar-refractivity contribution >= 4 is 27.7 Å². The second-order valence-corrected chi connectivity index (χ2v) is 6.62. The molecule has 1 aliphatic carbocycles. The number of amides is 2. The third-order valence-corrected chi connectivity index (χ3v) is 4.60. The SMILES string of the molecule is NC(=O)[C@@H](NC(=O)c1ccc2c(c1)CCC2)c1cccc(Br)c1. The topological polar surface area (TPSA) is 72.2 Å². The van der Waals surface area contributed by atoms with Crippen molar-refractivity contribution in [2.75, 3.05) is 0 Å². The summed E-state index contributed by atoms with van der Waals surface area (Å²) in [6.07, 6.45) is 3.20. The molecule has 3 rings (SSSR count). The van der Waals surface area contributed by atoms with E-state index in [-0.39, 0.29) is 5.91 Å². The number of fused-ring (bicyclic) bond motifs is 1. The van der Waals surface area contributed by atoms with Crippen molar-refractivity contribution in [3.05, 3.63) is 69.2 Å². The van der Waals surface area contributed by atoms with Gasteiger partial charge in [-0.3, -0.25) is 9.59 Å². The predicted octanol–water partition coefficient (Wildman–Crippen LogP) is 2.89. The molecule has 1 atom stereocenters. The Morgan fingerprint density at radius 1 is 1.09 bits per heavy atom. The van der Waals surface area contributed by atoms with E-state index in [1.807, 2.05) is 18.2 Å². The fourth-order valence-electron chi connectivity index (χ4n) is 2.93. The first kappa shape index (κ1) is 15.7. The van der Waals surface area contributed by atoms with Crippen molar-refractivity contribution in [3.63, 3.8) is 0 Å². The van der Waals surface area contributed by atoms with Crippen LogP contribution in [-0.4, -0.2) is 11.8 Å². The first-order valence-electron chi connectivity index (χ1n) is 7.52. The summed E-state index contributed by atoms with van der Waals surface area (Å²) in [5, 5.41) is 2.73. The summed E-state index contributed by atoms with van der Waals surface area (Å²) in [4.78, 5) is 24.2. The number of rotatable bonds is 4. The number of hydrogen-bond donors (Lipinski definition) is 2. The Morgan fingerprint density at radius 3 is 2.61 bits per heavy atom. The van der Waals surface area contributed by atoms with Crippen LogP contribution in [0.1, 0.15) is 39.5 Å². The fourth-order valence-corrected chi connectivity index (χ4v) is 3.35. The molecule has 0 bridgehead atoms. The van der Waals surface area contributed by atoms with Crippen LogP contribution >= 0.6 is 15.9 Å². The van der Waals surface area contributed by atoms with E-state index >= 15 is 0 Å². The second-order valence-electron chi connectivity index (χ2n) is 5.70. The van der Waals surface area contributed by atoms with Crippen LogP contribution in [0, 0.1) is 0 Å². The normalized spacial score (nSPS) is 14.1. The number of carbonyl (C=O) groups excluding carboxylic acids is 2. The molecular weight excluding hydrogens is 356 g/mol. The molecule has 2 amide bonds. The van der Waals surface area contributed by atoms with Crippen LogP contribution in [0.25, 0.3) is 0 Å². The van der Waals surface area contributed by atoms with Gasteiger partial charge in [0.1, 0.15) is 6.04 Å². The molecule has 3 N–H and O–H groups in total. The summed E-state index contributed by atoms with van der Waals surface area (Å²) in [6.45, 7) is 0. The van der Waals surface area contributed by atoms with Gasteiger partial charge in [0, 0.05) is 10.0 Å². The van der Waals surface area contributed by atoms with Gasteiger partial charge in [-0.15, -0.1) is 0 Å². The Bertz CT molecular complexity index is 773. The maximum atomic E-state index is 12.5. The highest BCUT2D eigenvalue weighted by atomic mass is 79.9. The lowest BCUT2D eigenvalue weighted by atomic mass is 10.0. The summed E-state index contributed by atoms with van der Waals surface area (Å²) in [5.74, 6) is -0.874. The summed E-state index contributed by atoms with van der Waals surface area (Å²) < 4.78 is 0.827. The standard InChI is InChI=1S/C18H17BrN2O2/c19-15-6-2-5-13(10-15)16(17(20)22)21-18(23)14-8-7-11-3-1-4-12(11)9-14/h2,5-10,16H,1,3-4H2,(H2,20,22)(H,21,23)/t16-/m0/s1. The van der Waals surface area contributed by atoms with Gasteiger partial charge < -0.3 is 11.1 Å². The Kier molecular flexibility index (Phi) is 4.48. The van der Waals surface area contributed by atoms with Gasteiger partial charge in [-0.1, -0.05) is 34.1 Å². The van der Waals surface area contributed by atoms with E-state index in [1.54, 1.807) is 24.3 Å². The third-order valence-electron chi connectivity index (χ3n) is 4.10. The molecule has 0 aliphatic heterocycles. The number of primary amides is 1. The van der Waals surface area contributed by atoms with Crippen LogP contribution in [0.15, 0.2) is 46.9 Å². The first-order valence-corrected chi connectivity index (χ1v) is 8.31. The van der Waals surface area contributed by atoms with Crippen LogP contribution in [0.3, 0.4) is 0 Å². The number of carbonyl (C=O) groups is 2. The lowest BCUT2D eigenvalue weighted by Gasteiger charge is -2.16. The van der Waals surface area contributed by atoms with Crippen LogP contribution in [0.2, 0.25) is 0 Å². The minimum Gasteiger partial charge on any atom is -0.368 e. The highest BCUT2D eigenvalue weighted by Gasteiger charge is 2.22. The minimum absolute atomic E-state index is 0.288. The monoisotopic (exact) mass is 372 g/mol. The van der Waals surface area contributed by atoms with Gasteiger partial charge >= 0.3 is 0 Å². The number of nitrogens with two attached hydrogens (primary N) is 1. The van der Waals surface area contributed by atoms with Crippen molar-refractivity contribution in [2.24, 2.45) is 5.73 Å². The van der Waals surface area contributed by atoms with Crippen LogP contribution in [0.4, 0.5) is 0 Å². The van der Waals surface area contributed by atoms with E-state index in [1.165, 1.54) is 11.1 Å². The van der Waals surface area contributed by atoms with Gasteiger partial charge in [0.2, 0.25) is 5.91 Å². The highest BCUT2D eigenvalue weighted by Crippen LogP contribution is 2.23. The average Bonchev–Trinajstić information content (AvgIpc) is 2.99. The van der Waals surface area contributed by atoms with Crippen molar-refractivity contribution in [1.82, 2.24) is 5.32 Å². The zero-order valence-corrected chi connectivity index (χ0v) is 14.1. The zero-order chi connectivity index (χ0) is 16.4. The number of aryl methyl sites for hydroxylation is 2. The molecule has 4 nitrogen and oxygen atoms in total. The summed E-state index contributed by atoms with van der Waals surface area (Å²) in [7, 11) is 0. The Balaban J connectivity index is 1.83. The number of nitrogens with one attached hydrogen (secondary N) is 1. The van der Waals surface area contributed by atoms with Gasteiger partial charge in [0.05, 0.1) is 0 Å². The molecule has 23 heavy (non-hydrogen) atoms. The largest absolute Gasteiger partial charge is 0.368 e. The van der Waals surface area contributed by atoms with Crippen molar-refractivity contribution in [3.8, 4) is 0 Å². The average molecular weight is 373 g/mol. The molecule has 5 heteroatoms. The van der Waals surface area contributed by atoms with E-state index in [2.05, 4.69) is 21.2 Å². The van der Waals surface area contributed by atoms with Crippen LogP contribution in [0.5, 0.6) is 0 Å². The molecule has 2 aromatic rings. The summed E-state index contributed by atoms with van der Waals surface area (Å²) in [6, 6.07) is 12.1. The van der Waals surface area contributed by atoms with Gasteiger partial charge in [-0.25, -0.2) is 0 Å². The summed E-state index contributed by atoms with van der Waals surface area (Å²) in [5.41, 5.74) is 9.21. The molecule has 1 aliphatic rings. The van der Waals surface area contributed by atoms with Gasteiger partial charge in [-0.05, 0) is 60.2 Å². The van der Waals surface area contributed by atoms with E-state index < -0.39 is 11.9 Å². The van der Waals surface area contributed by atoms with E-state index in [0.29, 0.717) is 11.1 Å². The molecule has 0 heterocycles. The smallest absolute Gasteiger partial charge is 0.252 e. The third kappa shape index (κ3) is 3.45. The Labute approximate surface area is 143 Å². The maximum absolute atomic E-state index is 12.5. The van der Waals surface area contributed by atoms with E-state index in [9.17, 15) is 9.59 Å². The lowest BCUT2D eigenvalue weighted by molar-refractivity contribution is -0.120. The fraction of sp³-hybridized carbons (Fsp3) is 0.222. The van der Waals surface area contributed by atoms with Crippen LogP contribution < -0.4 is 11.1 Å². The minimum atomic E-state index is -0.853. The molecule has 0 radical (unpaired) electrons. The van der Waals surface area contributed by atoms with Gasteiger partial charge in [0.15, 0.2) is 0 Å². The number of hydrogen-bond acceptors (Lipinski definition) is 2. The van der Waals surface area contributed by atoms with Crippen molar-refractivity contribution in [1.29, 1.82) is 0 Å². The molecule has 2 aromatic carbocycles. The second kappa shape index (κ2) is 6.54. The molecule has 0 unspecified atom stereocenters. The van der Waals surface area contributed by atoms with Gasteiger partial charge in [0.25, 0.3) is 5.91 Å². The summed E-state index contributed by atoms with van der Waals surface area (Å²) >= 11 is 3.36. The molecule has 118 valence electrons. The van der Waals surface area contributed by atoms with Crippen molar-refractivity contribution in [2.45, 2.75) is 25.3 Å². The zero-order valence-electron chi connectivity index (χ0n) is 12.5. The maximum Gasteiger partial charge on any atom is 0.252 e.